The molecular formula is C15H21ClN2O. The Labute approximate surface area is 120 Å². The van der Waals surface area contributed by atoms with E-state index in [-0.39, 0.29) is 0 Å². The number of rotatable bonds is 4. The molecule has 0 saturated heterocycles. The van der Waals surface area contributed by atoms with Gasteiger partial charge in [0.05, 0.1) is 11.2 Å². The molecule has 19 heavy (non-hydrogen) atoms. The lowest BCUT2D eigenvalue weighted by atomic mass is 10.2. The van der Waals surface area contributed by atoms with Crippen LogP contribution >= 0.6 is 11.6 Å². The first kappa shape index (κ1) is 15.6. The molecule has 4 heteroatoms. The molecule has 0 N–H and O–H groups in total. The minimum atomic E-state index is 0.485. The van der Waals surface area contributed by atoms with E-state index in [4.69, 9.17) is 16.3 Å². The van der Waals surface area contributed by atoms with Gasteiger partial charge in [-0.3, -0.25) is 4.68 Å². The van der Waals surface area contributed by atoms with Crippen molar-refractivity contribution in [3.05, 3.63) is 46.7 Å². The highest BCUT2D eigenvalue weighted by Gasteiger charge is 2.03. The molecule has 0 bridgehead atoms. The maximum atomic E-state index is 6.13. The van der Waals surface area contributed by atoms with Crippen LogP contribution in [-0.2, 0) is 20.1 Å². The molecule has 0 saturated carbocycles. The quantitative estimate of drug-likeness (QED) is 0.837. The Kier molecular flexibility index (Phi) is 6.43. The van der Waals surface area contributed by atoms with Gasteiger partial charge in [0.15, 0.2) is 0 Å². The first-order chi connectivity index (χ1) is 9.19. The van der Waals surface area contributed by atoms with E-state index in [9.17, 15) is 0 Å². The number of nitrogens with zero attached hydrogens (tertiary/aromatic N) is 2. The molecule has 0 fully saturated rings. The SMILES string of the molecule is CC.CCc1ccc(OCc2cnn(C)c2)c(Cl)c1. The largest absolute Gasteiger partial charge is 0.487 e. The highest BCUT2D eigenvalue weighted by atomic mass is 35.5. The van der Waals surface area contributed by atoms with Gasteiger partial charge in [-0.2, -0.15) is 5.10 Å². The summed E-state index contributed by atoms with van der Waals surface area (Å²) in [5, 5.41) is 4.74. The van der Waals surface area contributed by atoms with Crippen LogP contribution in [0.1, 0.15) is 31.9 Å². The van der Waals surface area contributed by atoms with E-state index in [1.165, 1.54) is 5.56 Å². The zero-order valence-corrected chi connectivity index (χ0v) is 12.7. The third kappa shape index (κ3) is 4.60. The van der Waals surface area contributed by atoms with Gasteiger partial charge in [0.2, 0.25) is 0 Å². The molecule has 1 heterocycles. The molecule has 1 aromatic heterocycles. The third-order valence-electron chi connectivity index (χ3n) is 2.56. The number of hydrogen-bond donors (Lipinski definition) is 0. The lowest BCUT2D eigenvalue weighted by Crippen LogP contribution is -1.95. The van der Waals surface area contributed by atoms with Crippen LogP contribution in [0, 0.1) is 0 Å². The van der Waals surface area contributed by atoms with E-state index in [1.807, 2.05) is 45.3 Å². The molecule has 2 aromatic rings. The van der Waals surface area contributed by atoms with Gasteiger partial charge in [-0.25, -0.2) is 0 Å². The molecule has 0 atom stereocenters. The number of aryl methyl sites for hydroxylation is 2. The Morgan fingerprint density at radius 2 is 2.00 bits per heavy atom. The molecule has 0 radical (unpaired) electrons. The molecule has 0 spiro atoms. The van der Waals surface area contributed by atoms with E-state index < -0.39 is 0 Å². The lowest BCUT2D eigenvalue weighted by Gasteiger charge is -2.07. The highest BCUT2D eigenvalue weighted by Crippen LogP contribution is 2.26. The molecule has 3 nitrogen and oxygen atoms in total. The van der Waals surface area contributed by atoms with Crippen LogP contribution in [0.15, 0.2) is 30.6 Å². The second kappa shape index (κ2) is 7.85. The van der Waals surface area contributed by atoms with Crippen LogP contribution in [0.4, 0.5) is 0 Å². The van der Waals surface area contributed by atoms with Gasteiger partial charge >= 0.3 is 0 Å². The van der Waals surface area contributed by atoms with Crippen molar-refractivity contribution in [2.24, 2.45) is 7.05 Å². The molecule has 0 aliphatic carbocycles. The fraction of sp³-hybridized carbons (Fsp3) is 0.400. The van der Waals surface area contributed by atoms with Crippen molar-refractivity contribution < 1.29 is 4.74 Å². The molecule has 104 valence electrons. The lowest BCUT2D eigenvalue weighted by molar-refractivity contribution is 0.306. The molecule has 0 amide bonds. The van der Waals surface area contributed by atoms with Crippen LogP contribution in [-0.4, -0.2) is 9.78 Å². The van der Waals surface area contributed by atoms with Gasteiger partial charge in [0.1, 0.15) is 12.4 Å². The van der Waals surface area contributed by atoms with Gasteiger partial charge in [-0.15, -0.1) is 0 Å². The molecule has 2 rings (SSSR count). The van der Waals surface area contributed by atoms with Crippen molar-refractivity contribution in [1.29, 1.82) is 0 Å². The van der Waals surface area contributed by atoms with Gasteiger partial charge in [0.25, 0.3) is 0 Å². The van der Waals surface area contributed by atoms with Gasteiger partial charge in [-0.05, 0) is 24.1 Å². The standard InChI is InChI=1S/C13H15ClN2O.C2H6/c1-3-10-4-5-13(12(14)6-10)17-9-11-7-15-16(2)8-11;1-2/h4-8H,3,9H2,1-2H3;1-2H3. The smallest absolute Gasteiger partial charge is 0.138 e. The fourth-order valence-corrected chi connectivity index (χ4v) is 1.85. The Morgan fingerprint density at radius 1 is 1.26 bits per heavy atom. The van der Waals surface area contributed by atoms with Crippen molar-refractivity contribution in [3.8, 4) is 5.75 Å². The summed E-state index contributed by atoms with van der Waals surface area (Å²) in [5.41, 5.74) is 2.24. The first-order valence-electron chi connectivity index (χ1n) is 6.57. The predicted molar refractivity (Wildman–Crippen MR) is 79.7 cm³/mol. The normalized spacial score (nSPS) is 9.74. The number of halogens is 1. The van der Waals surface area contributed by atoms with Crippen LogP contribution in [0.5, 0.6) is 5.75 Å². The van der Waals surface area contributed by atoms with E-state index >= 15 is 0 Å². The van der Waals surface area contributed by atoms with E-state index in [2.05, 4.69) is 12.0 Å². The monoisotopic (exact) mass is 280 g/mol. The summed E-state index contributed by atoms with van der Waals surface area (Å²) in [7, 11) is 1.88. The van der Waals surface area contributed by atoms with Gasteiger partial charge < -0.3 is 4.74 Å². The summed E-state index contributed by atoms with van der Waals surface area (Å²) in [5.74, 6) is 0.715. The highest BCUT2D eigenvalue weighted by molar-refractivity contribution is 6.32. The maximum absolute atomic E-state index is 6.13. The zero-order valence-electron chi connectivity index (χ0n) is 12.0. The van der Waals surface area contributed by atoms with Crippen molar-refractivity contribution in [2.75, 3.05) is 0 Å². The van der Waals surface area contributed by atoms with Crippen molar-refractivity contribution in [1.82, 2.24) is 9.78 Å². The predicted octanol–water partition coefficient (Wildman–Crippen LogP) is 4.24. The Hall–Kier alpha value is -1.48. The minimum absolute atomic E-state index is 0.485. The summed E-state index contributed by atoms with van der Waals surface area (Å²) in [4.78, 5) is 0. The van der Waals surface area contributed by atoms with E-state index in [1.54, 1.807) is 10.9 Å². The molecular weight excluding hydrogens is 260 g/mol. The van der Waals surface area contributed by atoms with Crippen LogP contribution in [0.3, 0.4) is 0 Å². The molecule has 0 unspecified atom stereocenters. The van der Waals surface area contributed by atoms with Gasteiger partial charge in [0, 0.05) is 18.8 Å². The second-order valence-corrected chi connectivity index (χ2v) is 4.34. The summed E-state index contributed by atoms with van der Waals surface area (Å²) in [6.07, 6.45) is 4.69. The van der Waals surface area contributed by atoms with Crippen LogP contribution in [0.2, 0.25) is 5.02 Å². The first-order valence-corrected chi connectivity index (χ1v) is 6.95. The van der Waals surface area contributed by atoms with Crippen molar-refractivity contribution >= 4 is 11.6 Å². The number of aromatic nitrogens is 2. The molecule has 1 aromatic carbocycles. The third-order valence-corrected chi connectivity index (χ3v) is 2.85. The molecule has 0 aliphatic heterocycles. The average molecular weight is 281 g/mol. The Bertz CT molecular complexity index is 509. The Balaban J connectivity index is 0.000000861. The van der Waals surface area contributed by atoms with Crippen LogP contribution in [0.25, 0.3) is 0 Å². The zero-order chi connectivity index (χ0) is 14.3. The summed E-state index contributed by atoms with van der Waals surface area (Å²) in [6.45, 7) is 6.58. The van der Waals surface area contributed by atoms with E-state index in [0.29, 0.717) is 17.4 Å². The number of ether oxygens (including phenoxy) is 1. The Morgan fingerprint density at radius 3 is 2.53 bits per heavy atom. The topological polar surface area (TPSA) is 27.1 Å². The van der Waals surface area contributed by atoms with E-state index in [0.717, 1.165) is 12.0 Å². The molecule has 0 aliphatic rings. The van der Waals surface area contributed by atoms with Crippen molar-refractivity contribution in [3.63, 3.8) is 0 Å². The summed E-state index contributed by atoms with van der Waals surface area (Å²) >= 11 is 6.13. The minimum Gasteiger partial charge on any atom is -0.487 e. The summed E-state index contributed by atoms with van der Waals surface area (Å²) in [6, 6.07) is 5.89. The fourth-order valence-electron chi connectivity index (χ4n) is 1.59. The maximum Gasteiger partial charge on any atom is 0.138 e. The number of benzene rings is 1. The van der Waals surface area contributed by atoms with Crippen molar-refractivity contribution in [2.45, 2.75) is 33.8 Å². The second-order valence-electron chi connectivity index (χ2n) is 3.93. The van der Waals surface area contributed by atoms with Crippen LogP contribution < -0.4 is 4.74 Å². The number of hydrogen-bond acceptors (Lipinski definition) is 2. The van der Waals surface area contributed by atoms with Gasteiger partial charge in [-0.1, -0.05) is 38.4 Å². The summed E-state index contributed by atoms with van der Waals surface area (Å²) < 4.78 is 7.40. The average Bonchev–Trinajstić information content (AvgIpc) is 2.85.